The number of hydrogen-bond donors (Lipinski definition) is 1. The molecule has 0 saturated carbocycles. The van der Waals surface area contributed by atoms with Gasteiger partial charge in [0.1, 0.15) is 0 Å². The molecule has 2 aromatic rings. The topological polar surface area (TPSA) is 68.0 Å². The summed E-state index contributed by atoms with van der Waals surface area (Å²) >= 11 is 0. The van der Waals surface area contributed by atoms with Gasteiger partial charge in [0.05, 0.1) is 0 Å². The van der Waals surface area contributed by atoms with Crippen LogP contribution in [0.15, 0.2) is 46.8 Å². The van der Waals surface area contributed by atoms with E-state index in [9.17, 15) is 4.79 Å². The molecule has 5 heteroatoms. The number of allylic oxidation sites excluding steroid dienone is 1. The highest BCUT2D eigenvalue weighted by molar-refractivity contribution is 5.93. The molecule has 0 atom stereocenters. The van der Waals surface area contributed by atoms with E-state index in [1.807, 2.05) is 12.1 Å². The predicted molar refractivity (Wildman–Crippen MR) is 83.2 cm³/mol. The molecule has 1 N–H and O–H groups in total. The van der Waals surface area contributed by atoms with E-state index in [-0.39, 0.29) is 5.91 Å². The number of carbonyl (C=O) groups is 1. The minimum Gasteiger partial charge on any atom is -0.355 e. The van der Waals surface area contributed by atoms with Gasteiger partial charge < -0.3 is 9.84 Å². The first kappa shape index (κ1) is 14.5. The Morgan fingerprint density at radius 2 is 2.32 bits per heavy atom. The Morgan fingerprint density at radius 3 is 3.09 bits per heavy atom. The Kier molecular flexibility index (Phi) is 4.63. The lowest BCUT2D eigenvalue weighted by Gasteiger charge is -2.12. The number of pyridine rings is 1. The Hall–Kier alpha value is -2.43. The van der Waals surface area contributed by atoms with Crippen molar-refractivity contribution >= 4 is 5.91 Å². The van der Waals surface area contributed by atoms with Gasteiger partial charge in [0.25, 0.3) is 5.91 Å². The van der Waals surface area contributed by atoms with Crippen LogP contribution in [-0.2, 0) is 0 Å². The van der Waals surface area contributed by atoms with Crippen molar-refractivity contribution in [2.45, 2.75) is 32.1 Å². The van der Waals surface area contributed by atoms with Crippen LogP contribution in [0.1, 0.15) is 42.6 Å². The molecule has 2 aromatic heterocycles. The summed E-state index contributed by atoms with van der Waals surface area (Å²) in [6.07, 6.45) is 11.5. The van der Waals surface area contributed by atoms with Crippen LogP contribution < -0.4 is 5.32 Å². The molecule has 1 amide bonds. The maximum Gasteiger partial charge on any atom is 0.273 e. The van der Waals surface area contributed by atoms with Crippen LogP contribution in [0, 0.1) is 0 Å². The number of nitrogens with zero attached hydrogens (tertiary/aromatic N) is 2. The van der Waals surface area contributed by atoms with Gasteiger partial charge in [-0.15, -0.1) is 0 Å². The van der Waals surface area contributed by atoms with Crippen LogP contribution in [0.3, 0.4) is 0 Å². The van der Waals surface area contributed by atoms with Gasteiger partial charge in [-0.1, -0.05) is 16.8 Å². The molecule has 0 unspecified atom stereocenters. The molecular weight excluding hydrogens is 278 g/mol. The first-order valence-electron chi connectivity index (χ1n) is 7.66. The second kappa shape index (κ2) is 7.02. The molecule has 5 nitrogen and oxygen atoms in total. The highest BCUT2D eigenvalue weighted by atomic mass is 16.5. The van der Waals surface area contributed by atoms with E-state index >= 15 is 0 Å². The molecule has 22 heavy (non-hydrogen) atoms. The van der Waals surface area contributed by atoms with Crippen LogP contribution in [-0.4, -0.2) is 22.6 Å². The van der Waals surface area contributed by atoms with E-state index in [2.05, 4.69) is 21.5 Å². The summed E-state index contributed by atoms with van der Waals surface area (Å²) in [7, 11) is 0. The van der Waals surface area contributed by atoms with Gasteiger partial charge in [0, 0.05) is 30.6 Å². The fourth-order valence-electron chi connectivity index (χ4n) is 2.59. The second-order valence-electron chi connectivity index (χ2n) is 5.43. The number of carbonyl (C=O) groups excluding carboxylic acids is 1. The van der Waals surface area contributed by atoms with E-state index in [0.29, 0.717) is 18.0 Å². The predicted octanol–water partition coefficient (Wildman–Crippen LogP) is 3.36. The smallest absolute Gasteiger partial charge is 0.273 e. The van der Waals surface area contributed by atoms with Gasteiger partial charge in [0.15, 0.2) is 11.5 Å². The summed E-state index contributed by atoms with van der Waals surface area (Å²) in [6, 6.07) is 5.33. The largest absolute Gasteiger partial charge is 0.355 e. The third-order valence-electron chi connectivity index (χ3n) is 3.81. The van der Waals surface area contributed by atoms with Crippen LogP contribution in [0.25, 0.3) is 11.3 Å². The summed E-state index contributed by atoms with van der Waals surface area (Å²) in [6.45, 7) is 0.639. The Labute approximate surface area is 129 Å². The summed E-state index contributed by atoms with van der Waals surface area (Å²) in [5.74, 6) is 0.350. The van der Waals surface area contributed by atoms with Crippen LogP contribution in [0.4, 0.5) is 0 Å². The van der Waals surface area contributed by atoms with Gasteiger partial charge in [-0.3, -0.25) is 9.78 Å². The molecule has 1 aliphatic rings. The number of nitrogens with one attached hydrogen (secondary N) is 1. The maximum absolute atomic E-state index is 12.1. The van der Waals surface area contributed by atoms with Gasteiger partial charge in [0.2, 0.25) is 0 Å². The SMILES string of the molecule is O=C(NCCC1=CCCCC1)c1cc(-c2cccnc2)on1. The first-order chi connectivity index (χ1) is 10.8. The Morgan fingerprint density at radius 1 is 1.36 bits per heavy atom. The van der Waals surface area contributed by atoms with Crippen molar-refractivity contribution < 1.29 is 9.32 Å². The van der Waals surface area contributed by atoms with Crippen molar-refractivity contribution in [3.63, 3.8) is 0 Å². The number of rotatable bonds is 5. The average Bonchev–Trinajstić information content (AvgIpc) is 3.07. The van der Waals surface area contributed by atoms with Crippen LogP contribution in [0.2, 0.25) is 0 Å². The van der Waals surface area contributed by atoms with Gasteiger partial charge >= 0.3 is 0 Å². The molecule has 2 heterocycles. The lowest BCUT2D eigenvalue weighted by molar-refractivity contribution is 0.0945. The third-order valence-corrected chi connectivity index (χ3v) is 3.81. The van der Waals surface area contributed by atoms with E-state index in [1.165, 1.54) is 24.8 Å². The molecule has 0 aliphatic heterocycles. The molecular formula is C17H19N3O2. The Balaban J connectivity index is 1.54. The molecule has 1 aliphatic carbocycles. The number of amides is 1. The fourth-order valence-corrected chi connectivity index (χ4v) is 2.59. The number of hydrogen-bond acceptors (Lipinski definition) is 4. The molecule has 0 spiro atoms. The minimum absolute atomic E-state index is 0.199. The normalized spacial score (nSPS) is 14.5. The van der Waals surface area contributed by atoms with E-state index in [1.54, 1.807) is 18.5 Å². The number of aromatic nitrogens is 2. The summed E-state index contributed by atoms with van der Waals surface area (Å²) in [5.41, 5.74) is 2.56. The molecule has 0 bridgehead atoms. The minimum atomic E-state index is -0.199. The molecule has 114 valence electrons. The average molecular weight is 297 g/mol. The van der Waals surface area contributed by atoms with E-state index < -0.39 is 0 Å². The first-order valence-corrected chi connectivity index (χ1v) is 7.66. The van der Waals surface area contributed by atoms with Gasteiger partial charge in [-0.2, -0.15) is 0 Å². The summed E-state index contributed by atoms with van der Waals surface area (Å²) < 4.78 is 5.21. The van der Waals surface area contributed by atoms with Crippen LogP contribution in [0.5, 0.6) is 0 Å². The second-order valence-corrected chi connectivity index (χ2v) is 5.43. The van der Waals surface area contributed by atoms with Crippen molar-refractivity contribution in [2.24, 2.45) is 0 Å². The van der Waals surface area contributed by atoms with Crippen molar-refractivity contribution in [3.05, 3.63) is 47.9 Å². The zero-order chi connectivity index (χ0) is 15.2. The van der Waals surface area contributed by atoms with Crippen molar-refractivity contribution in [2.75, 3.05) is 6.54 Å². The van der Waals surface area contributed by atoms with Crippen LogP contribution >= 0.6 is 0 Å². The van der Waals surface area contributed by atoms with Crippen molar-refractivity contribution in [3.8, 4) is 11.3 Å². The van der Waals surface area contributed by atoms with Crippen molar-refractivity contribution in [1.82, 2.24) is 15.5 Å². The standard InChI is InChI=1S/C17H19N3O2/c21-17(19-10-8-13-5-2-1-3-6-13)15-11-16(22-20-15)14-7-4-9-18-12-14/h4-5,7,9,11-12H,1-3,6,8,10H2,(H,19,21). The lowest BCUT2D eigenvalue weighted by Crippen LogP contribution is -2.25. The molecule has 0 radical (unpaired) electrons. The van der Waals surface area contributed by atoms with Crippen molar-refractivity contribution in [1.29, 1.82) is 0 Å². The zero-order valence-electron chi connectivity index (χ0n) is 12.4. The fraction of sp³-hybridized carbons (Fsp3) is 0.353. The monoisotopic (exact) mass is 297 g/mol. The highest BCUT2D eigenvalue weighted by Crippen LogP contribution is 2.20. The molecule has 0 fully saturated rings. The third kappa shape index (κ3) is 3.61. The summed E-state index contributed by atoms with van der Waals surface area (Å²) in [4.78, 5) is 16.1. The lowest BCUT2D eigenvalue weighted by atomic mass is 9.97. The highest BCUT2D eigenvalue weighted by Gasteiger charge is 2.13. The van der Waals surface area contributed by atoms with Gasteiger partial charge in [-0.25, -0.2) is 0 Å². The molecule has 0 aromatic carbocycles. The van der Waals surface area contributed by atoms with E-state index in [4.69, 9.17) is 4.52 Å². The Bertz CT molecular complexity index is 662. The maximum atomic E-state index is 12.1. The zero-order valence-corrected chi connectivity index (χ0v) is 12.4. The van der Waals surface area contributed by atoms with E-state index in [0.717, 1.165) is 18.4 Å². The summed E-state index contributed by atoms with van der Waals surface area (Å²) in [5, 5.41) is 6.72. The molecule has 3 rings (SSSR count). The quantitative estimate of drug-likeness (QED) is 0.859. The van der Waals surface area contributed by atoms with Gasteiger partial charge in [-0.05, 0) is 44.2 Å². The molecule has 0 saturated heterocycles.